The molecule has 0 amide bonds. The Hall–Kier alpha value is -2.71. The summed E-state index contributed by atoms with van der Waals surface area (Å²) in [6.45, 7) is 0.00692. The average molecular weight is 416 g/mol. The van der Waals surface area contributed by atoms with Gasteiger partial charge >= 0.3 is 0 Å². The first kappa shape index (κ1) is 22.3. The standard InChI is InChI=1S/C17H15F2N5O.2ClH/c1-25-15-9-23-16(14-4-2-3-5-21-14)24-17(15)22-8-11-12(19)6-10(18)7-13(11)20;;/h2-7,9H,8,20H2,1H3,(H,22,23,24);2*1H. The van der Waals surface area contributed by atoms with Gasteiger partial charge in [-0.2, -0.15) is 0 Å². The summed E-state index contributed by atoms with van der Waals surface area (Å²) in [7, 11) is 1.47. The number of nitrogen functional groups attached to an aromatic ring is 1. The fraction of sp³-hybridized carbons (Fsp3) is 0.118. The van der Waals surface area contributed by atoms with E-state index >= 15 is 0 Å². The highest BCUT2D eigenvalue weighted by atomic mass is 35.5. The van der Waals surface area contributed by atoms with Gasteiger partial charge in [0.1, 0.15) is 17.3 Å². The molecule has 0 radical (unpaired) electrons. The summed E-state index contributed by atoms with van der Waals surface area (Å²) < 4.78 is 32.3. The summed E-state index contributed by atoms with van der Waals surface area (Å²) in [5, 5.41) is 2.95. The number of anilines is 2. The molecule has 0 unspecified atom stereocenters. The molecule has 3 rings (SSSR count). The van der Waals surface area contributed by atoms with Crippen molar-refractivity contribution in [1.29, 1.82) is 0 Å². The van der Waals surface area contributed by atoms with Crippen LogP contribution in [0.1, 0.15) is 5.56 Å². The van der Waals surface area contributed by atoms with Crippen LogP contribution in [0.25, 0.3) is 11.5 Å². The summed E-state index contributed by atoms with van der Waals surface area (Å²) >= 11 is 0. The SMILES string of the molecule is COc1cnc(-c2ccccn2)nc1NCc1c(N)cc(F)cc1F.Cl.Cl. The van der Waals surface area contributed by atoms with E-state index in [1.807, 2.05) is 6.07 Å². The van der Waals surface area contributed by atoms with Crippen LogP contribution >= 0.6 is 24.8 Å². The van der Waals surface area contributed by atoms with E-state index in [9.17, 15) is 8.78 Å². The molecular formula is C17H17Cl2F2N5O. The molecule has 10 heteroatoms. The second-order valence-electron chi connectivity index (χ2n) is 5.13. The highest BCUT2D eigenvalue weighted by Gasteiger charge is 2.13. The van der Waals surface area contributed by atoms with Gasteiger partial charge < -0.3 is 15.8 Å². The van der Waals surface area contributed by atoms with Crippen LogP contribution in [0, 0.1) is 11.6 Å². The first-order valence-electron chi connectivity index (χ1n) is 7.38. The molecule has 3 N–H and O–H groups in total. The van der Waals surface area contributed by atoms with Crippen molar-refractivity contribution in [3.8, 4) is 17.3 Å². The van der Waals surface area contributed by atoms with Gasteiger partial charge in [0, 0.05) is 30.1 Å². The Morgan fingerprint density at radius 2 is 1.93 bits per heavy atom. The number of ether oxygens (including phenoxy) is 1. The van der Waals surface area contributed by atoms with Gasteiger partial charge in [-0.05, 0) is 18.2 Å². The summed E-state index contributed by atoms with van der Waals surface area (Å²) in [4.78, 5) is 12.7. The van der Waals surface area contributed by atoms with E-state index < -0.39 is 11.6 Å². The quantitative estimate of drug-likeness (QED) is 0.615. The Morgan fingerprint density at radius 1 is 1.15 bits per heavy atom. The number of benzene rings is 1. The van der Waals surface area contributed by atoms with Gasteiger partial charge in [-0.25, -0.2) is 18.7 Å². The normalized spacial score (nSPS) is 9.74. The number of nitrogens with one attached hydrogen (secondary N) is 1. The van der Waals surface area contributed by atoms with E-state index in [1.165, 1.54) is 13.3 Å². The molecule has 27 heavy (non-hydrogen) atoms. The Kier molecular flexibility index (Phi) is 8.14. The Labute approximate surface area is 167 Å². The molecule has 6 nitrogen and oxygen atoms in total. The van der Waals surface area contributed by atoms with Crippen molar-refractivity contribution in [3.63, 3.8) is 0 Å². The molecule has 2 heterocycles. The molecular weight excluding hydrogens is 399 g/mol. The highest BCUT2D eigenvalue weighted by Crippen LogP contribution is 2.26. The van der Waals surface area contributed by atoms with Gasteiger partial charge in [0.15, 0.2) is 17.4 Å². The minimum Gasteiger partial charge on any atom is -0.491 e. The molecule has 0 fully saturated rings. The van der Waals surface area contributed by atoms with E-state index in [4.69, 9.17) is 10.5 Å². The molecule has 2 aromatic heterocycles. The van der Waals surface area contributed by atoms with Crippen molar-refractivity contribution in [1.82, 2.24) is 15.0 Å². The van der Waals surface area contributed by atoms with E-state index in [0.29, 0.717) is 23.1 Å². The van der Waals surface area contributed by atoms with Crippen molar-refractivity contribution in [2.24, 2.45) is 0 Å². The monoisotopic (exact) mass is 415 g/mol. The zero-order valence-electron chi connectivity index (χ0n) is 14.1. The van der Waals surface area contributed by atoms with Crippen molar-refractivity contribution in [3.05, 3.63) is 59.9 Å². The van der Waals surface area contributed by atoms with Crippen LogP contribution in [-0.2, 0) is 6.54 Å². The second-order valence-corrected chi connectivity index (χ2v) is 5.13. The van der Waals surface area contributed by atoms with Crippen LogP contribution in [0.5, 0.6) is 5.75 Å². The van der Waals surface area contributed by atoms with Crippen molar-refractivity contribution in [2.75, 3.05) is 18.2 Å². The fourth-order valence-electron chi connectivity index (χ4n) is 2.25. The molecule has 3 aromatic rings. The van der Waals surface area contributed by atoms with E-state index in [1.54, 1.807) is 18.3 Å². The zero-order chi connectivity index (χ0) is 17.8. The fourth-order valence-corrected chi connectivity index (χ4v) is 2.25. The van der Waals surface area contributed by atoms with Crippen molar-refractivity contribution >= 4 is 36.3 Å². The predicted octanol–water partition coefficient (Wildman–Crippen LogP) is 3.86. The number of hydrogen-bond donors (Lipinski definition) is 2. The summed E-state index contributed by atoms with van der Waals surface area (Å²) in [6.07, 6.45) is 3.12. The summed E-state index contributed by atoms with van der Waals surface area (Å²) in [5.41, 5.74) is 6.42. The van der Waals surface area contributed by atoms with Crippen LogP contribution < -0.4 is 15.8 Å². The van der Waals surface area contributed by atoms with Crippen LogP contribution in [0.15, 0.2) is 42.7 Å². The third kappa shape index (κ3) is 5.15. The molecule has 0 bridgehead atoms. The molecule has 0 aliphatic rings. The van der Waals surface area contributed by atoms with Crippen LogP contribution in [0.2, 0.25) is 0 Å². The number of nitrogens with two attached hydrogens (primary N) is 1. The molecule has 1 aromatic carbocycles. The minimum atomic E-state index is -0.733. The zero-order valence-corrected chi connectivity index (χ0v) is 15.8. The number of nitrogens with zero attached hydrogens (tertiary/aromatic N) is 3. The first-order valence-corrected chi connectivity index (χ1v) is 7.38. The van der Waals surface area contributed by atoms with Crippen LogP contribution in [-0.4, -0.2) is 22.1 Å². The van der Waals surface area contributed by atoms with Gasteiger partial charge in [-0.1, -0.05) is 6.07 Å². The van der Waals surface area contributed by atoms with Crippen molar-refractivity contribution < 1.29 is 13.5 Å². The summed E-state index contributed by atoms with van der Waals surface area (Å²) in [5.74, 6) is -0.350. The third-order valence-corrected chi connectivity index (χ3v) is 3.50. The number of pyridine rings is 1. The maximum Gasteiger partial charge on any atom is 0.180 e. The molecule has 0 aliphatic carbocycles. The predicted molar refractivity (Wildman–Crippen MR) is 104 cm³/mol. The lowest BCUT2D eigenvalue weighted by Gasteiger charge is -2.13. The number of hydrogen-bond acceptors (Lipinski definition) is 6. The highest BCUT2D eigenvalue weighted by molar-refractivity contribution is 5.85. The van der Waals surface area contributed by atoms with Crippen molar-refractivity contribution in [2.45, 2.75) is 6.54 Å². The molecule has 0 atom stereocenters. The number of aromatic nitrogens is 3. The molecule has 144 valence electrons. The number of halogens is 4. The Morgan fingerprint density at radius 3 is 2.56 bits per heavy atom. The third-order valence-electron chi connectivity index (χ3n) is 3.50. The first-order chi connectivity index (χ1) is 12.1. The molecule has 0 saturated heterocycles. The van der Waals surface area contributed by atoms with E-state index in [2.05, 4.69) is 20.3 Å². The molecule has 0 saturated carbocycles. The number of methoxy groups -OCH3 is 1. The maximum atomic E-state index is 13.9. The molecule has 0 spiro atoms. The minimum absolute atomic E-state index is 0. The lowest BCUT2D eigenvalue weighted by atomic mass is 10.1. The number of rotatable bonds is 5. The van der Waals surface area contributed by atoms with Gasteiger partial charge in [0.25, 0.3) is 0 Å². The Bertz CT molecular complexity index is 877. The topological polar surface area (TPSA) is 86.0 Å². The summed E-state index contributed by atoms with van der Waals surface area (Å²) in [6, 6.07) is 7.22. The van der Waals surface area contributed by atoms with Crippen LogP contribution in [0.3, 0.4) is 0 Å². The van der Waals surface area contributed by atoms with Crippen LogP contribution in [0.4, 0.5) is 20.3 Å². The largest absolute Gasteiger partial charge is 0.491 e. The van der Waals surface area contributed by atoms with E-state index in [-0.39, 0.29) is 42.6 Å². The van der Waals surface area contributed by atoms with Gasteiger partial charge in [0.05, 0.1) is 13.3 Å². The van der Waals surface area contributed by atoms with Gasteiger partial charge in [0.2, 0.25) is 0 Å². The average Bonchev–Trinajstić information content (AvgIpc) is 2.61. The van der Waals surface area contributed by atoms with E-state index in [0.717, 1.165) is 12.1 Å². The van der Waals surface area contributed by atoms with Gasteiger partial charge in [-0.15, -0.1) is 24.8 Å². The van der Waals surface area contributed by atoms with Gasteiger partial charge in [-0.3, -0.25) is 4.98 Å². The Balaban J connectivity index is 0.00000182. The smallest absolute Gasteiger partial charge is 0.180 e. The molecule has 0 aliphatic heterocycles. The lowest BCUT2D eigenvalue weighted by molar-refractivity contribution is 0.412. The lowest BCUT2D eigenvalue weighted by Crippen LogP contribution is -2.09. The maximum absolute atomic E-state index is 13.9. The second kappa shape index (κ2) is 9.84.